The fourth-order valence-corrected chi connectivity index (χ4v) is 4.51. The minimum Gasteiger partial charge on any atom is -0.482 e. The maximum absolute atomic E-state index is 12.9. The van der Waals surface area contributed by atoms with Crippen LogP contribution in [0.1, 0.15) is 23.9 Å². The minimum atomic E-state index is -4.46. The van der Waals surface area contributed by atoms with Crippen LogP contribution in [-0.2, 0) is 38.3 Å². The number of benzene rings is 2. The molecule has 182 valence electrons. The second kappa shape index (κ2) is 9.84. The Morgan fingerprint density at radius 2 is 1.76 bits per heavy atom. The van der Waals surface area contributed by atoms with Gasteiger partial charge < -0.3 is 14.0 Å². The summed E-state index contributed by atoms with van der Waals surface area (Å²) in [5.74, 6) is -0.312. The molecule has 3 rings (SSSR count). The SMILES string of the molecule is CCOC(=O)COc1ccc(S(=O)(=O)Cc2nnc(-c3ccc(C(F)(F)F)cc3)n2C)cc1C. The Labute approximate surface area is 194 Å². The molecule has 8 nitrogen and oxygen atoms in total. The predicted octanol–water partition coefficient (Wildman–Crippen LogP) is 3.73. The van der Waals surface area contributed by atoms with E-state index in [1.165, 1.54) is 41.9 Å². The van der Waals surface area contributed by atoms with Gasteiger partial charge in [-0.1, -0.05) is 12.1 Å². The maximum Gasteiger partial charge on any atom is 0.416 e. The van der Waals surface area contributed by atoms with Gasteiger partial charge in [-0.15, -0.1) is 10.2 Å². The Kier molecular flexibility index (Phi) is 7.29. The van der Waals surface area contributed by atoms with Crippen LogP contribution in [0.5, 0.6) is 5.75 Å². The largest absolute Gasteiger partial charge is 0.482 e. The number of sulfone groups is 1. The molecule has 0 aliphatic carbocycles. The van der Waals surface area contributed by atoms with Gasteiger partial charge in [0.05, 0.1) is 17.1 Å². The molecule has 12 heteroatoms. The van der Waals surface area contributed by atoms with Crippen LogP contribution < -0.4 is 4.74 Å². The van der Waals surface area contributed by atoms with Crippen LogP contribution in [0.3, 0.4) is 0 Å². The predicted molar refractivity (Wildman–Crippen MR) is 116 cm³/mol. The summed E-state index contributed by atoms with van der Waals surface area (Å²) in [5.41, 5.74) is 0.0747. The van der Waals surface area contributed by atoms with E-state index in [-0.39, 0.29) is 29.8 Å². The zero-order valence-corrected chi connectivity index (χ0v) is 19.4. The average Bonchev–Trinajstić information content (AvgIpc) is 3.12. The first-order chi connectivity index (χ1) is 15.9. The van der Waals surface area contributed by atoms with E-state index in [0.717, 1.165) is 12.1 Å². The van der Waals surface area contributed by atoms with Gasteiger partial charge in [0.15, 0.2) is 22.3 Å². The lowest BCUT2D eigenvalue weighted by atomic mass is 10.1. The molecule has 0 saturated heterocycles. The van der Waals surface area contributed by atoms with Gasteiger partial charge in [-0.2, -0.15) is 13.2 Å². The van der Waals surface area contributed by atoms with Gasteiger partial charge in [0.1, 0.15) is 17.3 Å². The summed E-state index contributed by atoms with van der Waals surface area (Å²) in [5, 5.41) is 7.86. The zero-order valence-electron chi connectivity index (χ0n) is 18.6. The first-order valence-corrected chi connectivity index (χ1v) is 11.8. The van der Waals surface area contributed by atoms with Crippen molar-refractivity contribution in [3.8, 4) is 17.1 Å². The van der Waals surface area contributed by atoms with Crippen LogP contribution in [0.25, 0.3) is 11.4 Å². The Bertz CT molecular complexity index is 1290. The number of esters is 1. The number of aryl methyl sites for hydroxylation is 1. The standard InChI is InChI=1S/C22H22F3N3O5S/c1-4-32-20(29)12-33-18-10-9-17(11-14(18)2)34(30,31)13-19-26-27-21(28(19)3)15-5-7-16(8-6-15)22(23,24)25/h5-11H,4,12-13H2,1-3H3. The van der Waals surface area contributed by atoms with E-state index in [1.54, 1.807) is 13.8 Å². The molecule has 0 fully saturated rings. The molecule has 1 heterocycles. The first-order valence-electron chi connectivity index (χ1n) is 10.1. The number of halogens is 3. The van der Waals surface area contributed by atoms with E-state index in [0.29, 0.717) is 16.9 Å². The van der Waals surface area contributed by atoms with Gasteiger partial charge in [-0.05, 0) is 49.7 Å². The normalized spacial score (nSPS) is 11.9. The number of rotatable bonds is 8. The average molecular weight is 497 g/mol. The topological polar surface area (TPSA) is 100 Å². The smallest absolute Gasteiger partial charge is 0.416 e. The molecule has 0 radical (unpaired) electrons. The Hall–Kier alpha value is -3.41. The van der Waals surface area contributed by atoms with Crippen LogP contribution in [0.2, 0.25) is 0 Å². The third kappa shape index (κ3) is 5.74. The van der Waals surface area contributed by atoms with Crippen LogP contribution in [0.15, 0.2) is 47.4 Å². The molecule has 2 aromatic carbocycles. The van der Waals surface area contributed by atoms with Crippen molar-refractivity contribution >= 4 is 15.8 Å². The summed E-state index contributed by atoms with van der Waals surface area (Å²) in [7, 11) is -2.29. The second-order valence-corrected chi connectivity index (χ2v) is 9.34. The summed E-state index contributed by atoms with van der Waals surface area (Å²) >= 11 is 0. The molecule has 0 spiro atoms. The van der Waals surface area contributed by atoms with Crippen LogP contribution >= 0.6 is 0 Å². The van der Waals surface area contributed by atoms with Gasteiger partial charge in [0.25, 0.3) is 0 Å². The Morgan fingerprint density at radius 1 is 1.09 bits per heavy atom. The van der Waals surface area contributed by atoms with E-state index in [9.17, 15) is 26.4 Å². The summed E-state index contributed by atoms with van der Waals surface area (Å²) < 4.78 is 75.8. The quantitative estimate of drug-likeness (QED) is 0.437. The highest BCUT2D eigenvalue weighted by Crippen LogP contribution is 2.31. The molecule has 0 unspecified atom stereocenters. The third-order valence-corrected chi connectivity index (χ3v) is 6.52. The molecule has 3 aromatic rings. The number of hydrogen-bond donors (Lipinski definition) is 0. The van der Waals surface area contributed by atoms with E-state index >= 15 is 0 Å². The van der Waals surface area contributed by atoms with Gasteiger partial charge in [-0.25, -0.2) is 13.2 Å². The van der Waals surface area contributed by atoms with E-state index in [2.05, 4.69) is 10.2 Å². The van der Waals surface area contributed by atoms with Crippen LogP contribution in [0, 0.1) is 6.92 Å². The van der Waals surface area contributed by atoms with Crippen molar-refractivity contribution in [2.24, 2.45) is 7.05 Å². The van der Waals surface area contributed by atoms with Crippen molar-refractivity contribution in [2.75, 3.05) is 13.2 Å². The maximum atomic E-state index is 12.9. The number of carbonyl (C=O) groups excluding carboxylic acids is 1. The summed E-state index contributed by atoms with van der Waals surface area (Å²) in [6.07, 6.45) is -4.46. The van der Waals surface area contributed by atoms with Gasteiger partial charge in [0, 0.05) is 12.6 Å². The van der Waals surface area contributed by atoms with Crippen molar-refractivity contribution in [2.45, 2.75) is 30.7 Å². The minimum absolute atomic E-state index is 0.0209. The second-order valence-electron chi connectivity index (χ2n) is 7.35. The third-order valence-electron chi connectivity index (χ3n) is 4.91. The first kappa shape index (κ1) is 25.2. The molecule has 0 N–H and O–H groups in total. The summed E-state index contributed by atoms with van der Waals surface area (Å²) in [6.45, 7) is 3.24. The highest BCUT2D eigenvalue weighted by Gasteiger charge is 2.30. The van der Waals surface area contributed by atoms with E-state index in [1.807, 2.05) is 0 Å². The lowest BCUT2D eigenvalue weighted by Crippen LogP contribution is -2.15. The molecule has 1 aromatic heterocycles. The number of carbonyl (C=O) groups is 1. The summed E-state index contributed by atoms with van der Waals surface area (Å²) in [6, 6.07) is 8.58. The van der Waals surface area contributed by atoms with E-state index in [4.69, 9.17) is 9.47 Å². The lowest BCUT2D eigenvalue weighted by molar-refractivity contribution is -0.145. The number of nitrogens with zero attached hydrogens (tertiary/aromatic N) is 3. The molecule has 0 aliphatic heterocycles. The van der Waals surface area contributed by atoms with Crippen molar-refractivity contribution in [1.82, 2.24) is 14.8 Å². The van der Waals surface area contributed by atoms with Crippen LogP contribution in [0.4, 0.5) is 13.2 Å². The number of aromatic nitrogens is 3. The monoisotopic (exact) mass is 497 g/mol. The number of hydrogen-bond acceptors (Lipinski definition) is 7. The summed E-state index contributed by atoms with van der Waals surface area (Å²) in [4.78, 5) is 11.5. The molecule has 0 atom stereocenters. The Balaban J connectivity index is 1.77. The van der Waals surface area contributed by atoms with Crippen molar-refractivity contribution in [3.05, 3.63) is 59.4 Å². The van der Waals surface area contributed by atoms with Crippen molar-refractivity contribution in [3.63, 3.8) is 0 Å². The molecule has 0 bridgehead atoms. The highest BCUT2D eigenvalue weighted by atomic mass is 32.2. The Morgan fingerprint density at radius 3 is 2.35 bits per heavy atom. The van der Waals surface area contributed by atoms with Gasteiger partial charge in [-0.3, -0.25) is 0 Å². The van der Waals surface area contributed by atoms with Crippen molar-refractivity contribution < 1.29 is 35.9 Å². The molecule has 0 saturated carbocycles. The number of alkyl halides is 3. The number of ether oxygens (including phenoxy) is 2. The fraction of sp³-hybridized carbons (Fsp3) is 0.318. The van der Waals surface area contributed by atoms with Crippen LogP contribution in [-0.4, -0.2) is 42.4 Å². The highest BCUT2D eigenvalue weighted by molar-refractivity contribution is 7.90. The zero-order chi connectivity index (χ0) is 25.1. The van der Waals surface area contributed by atoms with Crippen molar-refractivity contribution in [1.29, 1.82) is 0 Å². The molecular weight excluding hydrogens is 475 g/mol. The molecule has 0 amide bonds. The van der Waals surface area contributed by atoms with Gasteiger partial charge >= 0.3 is 12.1 Å². The lowest BCUT2D eigenvalue weighted by Gasteiger charge is -2.11. The molecule has 34 heavy (non-hydrogen) atoms. The van der Waals surface area contributed by atoms with E-state index < -0.39 is 33.3 Å². The molecule has 0 aliphatic rings. The molecular formula is C22H22F3N3O5S. The fourth-order valence-electron chi connectivity index (χ4n) is 3.12. The van der Waals surface area contributed by atoms with Gasteiger partial charge in [0.2, 0.25) is 0 Å².